The molecule has 4 aliphatic heterocycles. The number of alkyl halides is 2. The zero-order valence-corrected chi connectivity index (χ0v) is 34.0. The lowest BCUT2D eigenvalue weighted by atomic mass is 9.84. The van der Waals surface area contributed by atoms with E-state index < -0.39 is 11.8 Å². The van der Waals surface area contributed by atoms with Gasteiger partial charge in [-0.1, -0.05) is 94.7 Å². The van der Waals surface area contributed by atoms with Crippen LogP contribution in [0.3, 0.4) is 0 Å². The van der Waals surface area contributed by atoms with Crippen molar-refractivity contribution in [2.75, 3.05) is 65.4 Å². The highest BCUT2D eigenvalue weighted by Gasteiger charge is 2.42. The Balaban J connectivity index is -0.000000516. The van der Waals surface area contributed by atoms with Gasteiger partial charge in [0.25, 0.3) is 5.92 Å². The van der Waals surface area contributed by atoms with E-state index in [0.29, 0.717) is 12.5 Å². The second-order valence-electron chi connectivity index (χ2n) is 13.7. The molecule has 2 unspecified atom stereocenters. The zero-order valence-electron chi connectivity index (χ0n) is 34.0. The summed E-state index contributed by atoms with van der Waals surface area (Å²) in [5.74, 6) is -0.252. The van der Waals surface area contributed by atoms with Gasteiger partial charge in [-0.25, -0.2) is 8.78 Å². The Labute approximate surface area is 288 Å². The van der Waals surface area contributed by atoms with Crippen LogP contribution in [-0.2, 0) is 0 Å². The van der Waals surface area contributed by atoms with Crippen LogP contribution < -0.4 is 16.0 Å². The maximum atomic E-state index is 13.1. The van der Waals surface area contributed by atoms with Crippen LogP contribution in [0, 0.1) is 29.6 Å². The fourth-order valence-electron chi connectivity index (χ4n) is 5.80. The standard InChI is InChI=1S/C11H21N.C10H21N.C8H15F2N.C4H10N2.3C2H6/c1-9(2)11-5-7-12(8-6-11)10(3)4;1-8(2)10-5-6-11(7-10)9(3)4;1-6(2)7-3-4-11-5-8(7,9)10;1-2-6-4-3-5-1;3*1-2/h5,9-10H,6-8H2,1-4H3;8-10H,5-7H2,1-4H3;6-7,11H,3-5H2,1-2H3;5-6H,1-4H2;3*1-2H3. The number of rotatable bonds is 5. The average Bonchev–Trinajstić information content (AvgIpc) is 3.57. The second kappa shape index (κ2) is 30.5. The van der Waals surface area contributed by atoms with Gasteiger partial charge in [0.2, 0.25) is 0 Å². The molecule has 3 saturated heterocycles. The zero-order chi connectivity index (χ0) is 36.3. The van der Waals surface area contributed by atoms with E-state index in [1.165, 1.54) is 32.5 Å². The van der Waals surface area contributed by atoms with Crippen LogP contribution in [0.1, 0.15) is 130 Å². The Morgan fingerprint density at radius 3 is 1.41 bits per heavy atom. The first kappa shape index (κ1) is 49.8. The van der Waals surface area contributed by atoms with E-state index in [2.05, 4.69) is 87.2 Å². The van der Waals surface area contributed by atoms with Crippen LogP contribution in [0.4, 0.5) is 8.78 Å². The Hall–Kier alpha value is -0.600. The van der Waals surface area contributed by atoms with Crippen molar-refractivity contribution in [3.8, 4) is 0 Å². The van der Waals surface area contributed by atoms with Gasteiger partial charge in [0.15, 0.2) is 0 Å². The summed E-state index contributed by atoms with van der Waals surface area (Å²) < 4.78 is 26.1. The maximum Gasteiger partial charge on any atom is 0.263 e. The number of halogens is 2. The third-order valence-corrected chi connectivity index (χ3v) is 8.97. The Bertz CT molecular complexity index is 650. The molecule has 46 heavy (non-hydrogen) atoms. The molecule has 0 aliphatic carbocycles. The number of hydrogen-bond donors (Lipinski definition) is 3. The minimum Gasteiger partial charge on any atom is -0.314 e. The quantitative estimate of drug-likeness (QED) is 0.257. The molecule has 4 rings (SSSR count). The predicted molar refractivity (Wildman–Crippen MR) is 204 cm³/mol. The summed E-state index contributed by atoms with van der Waals surface area (Å²) >= 11 is 0. The van der Waals surface area contributed by atoms with E-state index in [1.807, 2.05) is 55.4 Å². The molecule has 7 heteroatoms. The number of piperazine rings is 1. The van der Waals surface area contributed by atoms with E-state index in [-0.39, 0.29) is 12.5 Å². The van der Waals surface area contributed by atoms with Crippen molar-refractivity contribution < 1.29 is 8.78 Å². The van der Waals surface area contributed by atoms with Gasteiger partial charge in [0.05, 0.1) is 6.54 Å². The summed E-state index contributed by atoms with van der Waals surface area (Å²) in [6.45, 7) is 44.3. The van der Waals surface area contributed by atoms with Crippen molar-refractivity contribution in [1.82, 2.24) is 25.8 Å². The van der Waals surface area contributed by atoms with Crippen LogP contribution in [0.2, 0.25) is 0 Å². The number of nitrogens with one attached hydrogen (secondary N) is 3. The van der Waals surface area contributed by atoms with Gasteiger partial charge in [-0.3, -0.25) is 4.90 Å². The largest absolute Gasteiger partial charge is 0.314 e. The molecular weight excluding hydrogens is 576 g/mol. The lowest BCUT2D eigenvalue weighted by Crippen LogP contribution is -2.47. The van der Waals surface area contributed by atoms with Crippen LogP contribution in [-0.4, -0.2) is 93.3 Å². The highest BCUT2D eigenvalue weighted by Crippen LogP contribution is 2.34. The van der Waals surface area contributed by atoms with Crippen LogP contribution in [0.15, 0.2) is 11.6 Å². The SMILES string of the molecule is C1CNCCN1.CC.CC.CC.CC(C)C1=CCN(C(C)C)CC1.CC(C)C1CCN(C(C)C)C1.CC(C)C1CCNCC1(F)F. The van der Waals surface area contributed by atoms with E-state index in [0.717, 1.165) is 63.1 Å². The van der Waals surface area contributed by atoms with Crippen molar-refractivity contribution >= 4 is 0 Å². The minimum absolute atomic E-state index is 0.0899. The van der Waals surface area contributed by atoms with Gasteiger partial charge in [0, 0.05) is 63.8 Å². The van der Waals surface area contributed by atoms with E-state index >= 15 is 0 Å². The molecule has 0 spiro atoms. The summed E-state index contributed by atoms with van der Waals surface area (Å²) in [5, 5.41) is 9.15. The number of hydrogen-bond acceptors (Lipinski definition) is 5. The first-order valence-corrected chi connectivity index (χ1v) is 19.4. The molecular formula is C39H85F2N5. The first-order chi connectivity index (χ1) is 21.8. The molecule has 0 saturated carbocycles. The van der Waals surface area contributed by atoms with Crippen molar-refractivity contribution in [2.45, 2.75) is 148 Å². The van der Waals surface area contributed by atoms with Crippen LogP contribution in [0.25, 0.3) is 0 Å². The van der Waals surface area contributed by atoms with Gasteiger partial charge >= 0.3 is 0 Å². The topological polar surface area (TPSA) is 42.6 Å². The van der Waals surface area contributed by atoms with Crippen LogP contribution >= 0.6 is 0 Å². The summed E-state index contributed by atoms with van der Waals surface area (Å²) in [7, 11) is 0. The van der Waals surface area contributed by atoms with Crippen molar-refractivity contribution in [2.24, 2.45) is 29.6 Å². The maximum absolute atomic E-state index is 13.1. The molecule has 3 N–H and O–H groups in total. The lowest BCUT2D eigenvalue weighted by Gasteiger charge is -2.34. The van der Waals surface area contributed by atoms with Gasteiger partial charge in [0.1, 0.15) is 0 Å². The van der Waals surface area contributed by atoms with E-state index in [9.17, 15) is 8.78 Å². The molecule has 0 amide bonds. The normalized spacial score (nSPS) is 22.7. The Kier molecular flexibility index (Phi) is 33.0. The average molecular weight is 662 g/mol. The molecule has 0 aromatic rings. The summed E-state index contributed by atoms with van der Waals surface area (Å²) in [6.07, 6.45) is 5.70. The Morgan fingerprint density at radius 2 is 1.15 bits per heavy atom. The van der Waals surface area contributed by atoms with Gasteiger partial charge in [-0.15, -0.1) is 0 Å². The molecule has 2 atom stereocenters. The van der Waals surface area contributed by atoms with Gasteiger partial charge < -0.3 is 20.9 Å². The summed E-state index contributed by atoms with van der Waals surface area (Å²) in [5.41, 5.74) is 1.65. The Morgan fingerprint density at radius 1 is 0.652 bits per heavy atom. The van der Waals surface area contributed by atoms with Crippen molar-refractivity contribution in [1.29, 1.82) is 0 Å². The van der Waals surface area contributed by atoms with Crippen LogP contribution in [0.5, 0.6) is 0 Å². The minimum atomic E-state index is -2.49. The number of piperidine rings is 1. The monoisotopic (exact) mass is 662 g/mol. The lowest BCUT2D eigenvalue weighted by molar-refractivity contribution is -0.0895. The van der Waals surface area contributed by atoms with E-state index in [4.69, 9.17) is 0 Å². The molecule has 3 fully saturated rings. The third kappa shape index (κ3) is 22.9. The molecule has 0 aromatic carbocycles. The van der Waals surface area contributed by atoms with Crippen molar-refractivity contribution in [3.63, 3.8) is 0 Å². The fourth-order valence-corrected chi connectivity index (χ4v) is 5.80. The number of likely N-dealkylation sites (tertiary alicyclic amines) is 1. The first-order valence-electron chi connectivity index (χ1n) is 19.4. The molecule has 5 nitrogen and oxygen atoms in total. The van der Waals surface area contributed by atoms with Gasteiger partial charge in [-0.05, 0) is 83.7 Å². The fraction of sp³-hybridized carbons (Fsp3) is 0.949. The smallest absolute Gasteiger partial charge is 0.263 e. The highest BCUT2D eigenvalue weighted by molar-refractivity contribution is 5.09. The molecule has 0 bridgehead atoms. The molecule has 4 aliphatic rings. The summed E-state index contributed by atoms with van der Waals surface area (Å²) in [4.78, 5) is 5.11. The highest BCUT2D eigenvalue weighted by atomic mass is 19.3. The van der Waals surface area contributed by atoms with Gasteiger partial charge in [-0.2, -0.15) is 0 Å². The second-order valence-corrected chi connectivity index (χ2v) is 13.7. The summed E-state index contributed by atoms with van der Waals surface area (Å²) in [6, 6.07) is 1.45. The molecule has 4 heterocycles. The van der Waals surface area contributed by atoms with Crippen molar-refractivity contribution in [3.05, 3.63) is 11.6 Å². The third-order valence-electron chi connectivity index (χ3n) is 8.97. The molecule has 0 radical (unpaired) electrons. The number of nitrogens with zero attached hydrogens (tertiary/aromatic N) is 2. The molecule has 280 valence electrons. The molecule has 0 aromatic heterocycles. The predicted octanol–water partition coefficient (Wildman–Crippen LogP) is 9.20. The van der Waals surface area contributed by atoms with E-state index in [1.54, 1.807) is 5.57 Å².